The number of Topliss-reactive ketones (excluding diaryl/α,β-unsaturated/α-hetero) is 1. The Labute approximate surface area is 179 Å². The van der Waals surface area contributed by atoms with E-state index in [0.29, 0.717) is 12.8 Å². The van der Waals surface area contributed by atoms with E-state index in [1.54, 1.807) is 25.6 Å². The molecule has 0 aliphatic rings. The first-order chi connectivity index (χ1) is 13.7. The molecule has 0 saturated heterocycles. The number of ketones is 1. The number of thioether (sulfide) groups is 1. The zero-order valence-corrected chi connectivity index (χ0v) is 19.8. The summed E-state index contributed by atoms with van der Waals surface area (Å²) in [5.74, 6) is -0.486. The summed E-state index contributed by atoms with van der Waals surface area (Å²) >= 11 is 1.65. The highest BCUT2D eigenvalue weighted by Crippen LogP contribution is 2.46. The van der Waals surface area contributed by atoms with E-state index in [0.717, 1.165) is 10.5 Å². The van der Waals surface area contributed by atoms with Gasteiger partial charge in [-0.2, -0.15) is 0 Å². The lowest BCUT2D eigenvalue weighted by Gasteiger charge is -2.21. The standard InChI is InChI=1S/C21H34NO5PS/c1-6-26-28(25,27-7-2)15-22-21(24)18(12-16(3)4)14-19(23)13-17-8-10-20(29-5)11-9-17/h8-11,16,18H,6-7,12-15H2,1-5H3,(H,22,24)/t18-/m1/s1. The van der Waals surface area contributed by atoms with Crippen LogP contribution in [0.3, 0.4) is 0 Å². The van der Waals surface area contributed by atoms with Crippen molar-refractivity contribution in [1.82, 2.24) is 5.32 Å². The number of amides is 1. The molecule has 8 heteroatoms. The number of hydrogen-bond acceptors (Lipinski definition) is 6. The number of nitrogens with one attached hydrogen (secondary N) is 1. The lowest BCUT2D eigenvalue weighted by Crippen LogP contribution is -2.34. The Balaban J connectivity index is 2.72. The number of hydrogen-bond donors (Lipinski definition) is 1. The quantitative estimate of drug-likeness (QED) is 0.325. The predicted octanol–water partition coefficient (Wildman–Crippen LogP) is 4.91. The third-order valence-corrected chi connectivity index (χ3v) is 6.85. The highest BCUT2D eigenvalue weighted by molar-refractivity contribution is 7.98. The van der Waals surface area contributed by atoms with Crippen LogP contribution >= 0.6 is 19.4 Å². The summed E-state index contributed by atoms with van der Waals surface area (Å²) in [6.45, 7) is 7.93. The summed E-state index contributed by atoms with van der Waals surface area (Å²) in [5.41, 5.74) is 0.939. The number of carbonyl (C=O) groups is 2. The summed E-state index contributed by atoms with van der Waals surface area (Å²) in [6.07, 6.45) is 2.85. The molecule has 1 amide bonds. The van der Waals surface area contributed by atoms with Gasteiger partial charge in [0.05, 0.1) is 13.2 Å². The minimum Gasteiger partial charge on any atom is -0.344 e. The molecule has 0 fully saturated rings. The molecular weight excluding hydrogens is 409 g/mol. The van der Waals surface area contributed by atoms with Crippen LogP contribution in [0.2, 0.25) is 0 Å². The molecule has 29 heavy (non-hydrogen) atoms. The first-order valence-electron chi connectivity index (χ1n) is 10.0. The normalized spacial score (nSPS) is 12.8. The zero-order chi connectivity index (χ0) is 21.9. The SMILES string of the molecule is CCOP(=O)(CNC(=O)[C@@H](CC(=O)Cc1ccc(SC)cc1)CC(C)C)OCC. The van der Waals surface area contributed by atoms with Gasteiger partial charge in [0, 0.05) is 23.7 Å². The van der Waals surface area contributed by atoms with E-state index in [2.05, 4.69) is 5.32 Å². The highest BCUT2D eigenvalue weighted by Gasteiger charge is 2.28. The van der Waals surface area contributed by atoms with Gasteiger partial charge in [0.1, 0.15) is 12.1 Å². The Morgan fingerprint density at radius 3 is 2.17 bits per heavy atom. The van der Waals surface area contributed by atoms with Gasteiger partial charge in [-0.3, -0.25) is 14.2 Å². The molecule has 0 bridgehead atoms. The monoisotopic (exact) mass is 443 g/mol. The van der Waals surface area contributed by atoms with Crippen molar-refractivity contribution >= 4 is 31.0 Å². The molecule has 0 spiro atoms. The first-order valence-corrected chi connectivity index (χ1v) is 13.0. The van der Waals surface area contributed by atoms with Gasteiger partial charge in [0.2, 0.25) is 5.91 Å². The molecule has 1 aromatic carbocycles. The fraction of sp³-hybridized carbons (Fsp3) is 0.619. The number of carbonyl (C=O) groups excluding carboxylic acids is 2. The molecule has 0 aromatic heterocycles. The summed E-state index contributed by atoms with van der Waals surface area (Å²) in [5, 5.41) is 2.68. The van der Waals surface area contributed by atoms with E-state index in [1.165, 1.54) is 0 Å². The van der Waals surface area contributed by atoms with Crippen LogP contribution in [-0.4, -0.2) is 37.4 Å². The molecule has 1 atom stereocenters. The summed E-state index contributed by atoms with van der Waals surface area (Å²) in [6, 6.07) is 7.87. The summed E-state index contributed by atoms with van der Waals surface area (Å²) < 4.78 is 23.0. The Hall–Kier alpha value is -1.14. The van der Waals surface area contributed by atoms with Crippen molar-refractivity contribution in [2.24, 2.45) is 11.8 Å². The van der Waals surface area contributed by atoms with Crippen LogP contribution in [-0.2, 0) is 29.6 Å². The molecule has 1 N–H and O–H groups in total. The molecule has 6 nitrogen and oxygen atoms in total. The third-order valence-electron chi connectivity index (χ3n) is 4.26. The van der Waals surface area contributed by atoms with Crippen LogP contribution in [0.4, 0.5) is 0 Å². The van der Waals surface area contributed by atoms with Crippen molar-refractivity contribution in [2.45, 2.75) is 51.9 Å². The van der Waals surface area contributed by atoms with Crippen LogP contribution in [0, 0.1) is 11.8 Å². The molecule has 1 rings (SSSR count). The van der Waals surface area contributed by atoms with Gasteiger partial charge in [-0.25, -0.2) is 0 Å². The number of benzene rings is 1. The molecule has 0 radical (unpaired) electrons. The van der Waals surface area contributed by atoms with Crippen molar-refractivity contribution in [3.63, 3.8) is 0 Å². The van der Waals surface area contributed by atoms with Crippen LogP contribution in [0.1, 0.15) is 46.1 Å². The Bertz CT molecular complexity index is 683. The van der Waals surface area contributed by atoms with Gasteiger partial charge < -0.3 is 14.4 Å². The van der Waals surface area contributed by atoms with Crippen LogP contribution in [0.25, 0.3) is 0 Å². The molecule has 0 aliphatic carbocycles. The molecule has 0 aliphatic heterocycles. The average Bonchev–Trinajstić information content (AvgIpc) is 2.66. The van der Waals surface area contributed by atoms with Crippen molar-refractivity contribution in [3.8, 4) is 0 Å². The fourth-order valence-corrected chi connectivity index (χ4v) is 4.81. The first kappa shape index (κ1) is 25.9. The van der Waals surface area contributed by atoms with Gasteiger partial charge in [0.25, 0.3) is 0 Å². The maximum atomic E-state index is 12.7. The second kappa shape index (κ2) is 13.2. The molecule has 0 saturated carbocycles. The number of rotatable bonds is 14. The lowest BCUT2D eigenvalue weighted by atomic mass is 9.90. The van der Waals surface area contributed by atoms with E-state index < -0.39 is 13.5 Å². The van der Waals surface area contributed by atoms with E-state index in [1.807, 2.05) is 44.4 Å². The van der Waals surface area contributed by atoms with Gasteiger partial charge in [-0.15, -0.1) is 11.8 Å². The van der Waals surface area contributed by atoms with E-state index in [4.69, 9.17) is 9.05 Å². The Morgan fingerprint density at radius 2 is 1.69 bits per heavy atom. The van der Waals surface area contributed by atoms with Crippen molar-refractivity contribution < 1.29 is 23.2 Å². The van der Waals surface area contributed by atoms with Crippen LogP contribution < -0.4 is 5.32 Å². The second-order valence-electron chi connectivity index (χ2n) is 7.24. The molecule has 0 unspecified atom stereocenters. The molecule has 1 aromatic rings. The predicted molar refractivity (Wildman–Crippen MR) is 118 cm³/mol. The van der Waals surface area contributed by atoms with Gasteiger partial charge in [-0.05, 0) is 50.1 Å². The van der Waals surface area contributed by atoms with Crippen LogP contribution in [0.5, 0.6) is 0 Å². The highest BCUT2D eigenvalue weighted by atomic mass is 32.2. The van der Waals surface area contributed by atoms with E-state index in [9.17, 15) is 14.2 Å². The van der Waals surface area contributed by atoms with Crippen molar-refractivity contribution in [2.75, 3.05) is 25.8 Å². The smallest absolute Gasteiger partial charge is 0.344 e. The van der Waals surface area contributed by atoms with Gasteiger partial charge in [-0.1, -0.05) is 26.0 Å². The maximum absolute atomic E-state index is 12.7. The Morgan fingerprint density at radius 1 is 1.10 bits per heavy atom. The van der Waals surface area contributed by atoms with Crippen molar-refractivity contribution in [1.29, 1.82) is 0 Å². The van der Waals surface area contributed by atoms with E-state index >= 15 is 0 Å². The average molecular weight is 444 g/mol. The molecular formula is C21H34NO5PS. The van der Waals surface area contributed by atoms with E-state index in [-0.39, 0.29) is 43.5 Å². The summed E-state index contributed by atoms with van der Waals surface area (Å²) in [4.78, 5) is 26.4. The maximum Gasteiger partial charge on any atom is 0.349 e. The minimum absolute atomic E-state index is 0.0144. The summed E-state index contributed by atoms with van der Waals surface area (Å²) in [7, 11) is -3.36. The Kier molecular flexibility index (Phi) is 11.8. The molecule has 0 heterocycles. The van der Waals surface area contributed by atoms with Crippen LogP contribution in [0.15, 0.2) is 29.2 Å². The largest absolute Gasteiger partial charge is 0.349 e. The van der Waals surface area contributed by atoms with Crippen molar-refractivity contribution in [3.05, 3.63) is 29.8 Å². The third kappa shape index (κ3) is 9.94. The van der Waals surface area contributed by atoms with Gasteiger partial charge >= 0.3 is 7.60 Å². The topological polar surface area (TPSA) is 81.7 Å². The minimum atomic E-state index is -3.36. The van der Waals surface area contributed by atoms with Gasteiger partial charge in [0.15, 0.2) is 0 Å². The molecule has 164 valence electrons. The fourth-order valence-electron chi connectivity index (χ4n) is 3.01. The second-order valence-corrected chi connectivity index (χ2v) is 10.2. The lowest BCUT2D eigenvalue weighted by molar-refractivity contribution is -0.129. The zero-order valence-electron chi connectivity index (χ0n) is 18.1.